The molecular formula is C41H56O5. The van der Waals surface area contributed by atoms with Gasteiger partial charge in [-0.1, -0.05) is 65.5 Å². The molecule has 8 unspecified atom stereocenters. The summed E-state index contributed by atoms with van der Waals surface area (Å²) in [6.07, 6.45) is 19.0. The van der Waals surface area contributed by atoms with E-state index in [0.29, 0.717) is 16.7 Å². The van der Waals surface area contributed by atoms with Gasteiger partial charge in [0.25, 0.3) is 0 Å². The summed E-state index contributed by atoms with van der Waals surface area (Å²) < 4.78 is 17.4. The smallest absolute Gasteiger partial charge is 0.344 e. The molecule has 250 valence electrons. The Morgan fingerprint density at radius 3 is 2.65 bits per heavy atom. The Hall–Kier alpha value is -2.56. The molecule has 1 aromatic carbocycles. The Kier molecular flexibility index (Phi) is 8.68. The number of benzene rings is 1. The van der Waals surface area contributed by atoms with Gasteiger partial charge in [0.15, 0.2) is 6.61 Å². The number of carbonyl (C=O) groups is 1. The highest BCUT2D eigenvalue weighted by atomic mass is 16.6. The summed E-state index contributed by atoms with van der Waals surface area (Å²) in [4.78, 5) is 25.3. The Bertz CT molecular complexity index is 1550. The van der Waals surface area contributed by atoms with Crippen molar-refractivity contribution in [3.63, 3.8) is 0 Å². The average molecular weight is 629 g/mol. The molecule has 5 aliphatic carbocycles. The quantitative estimate of drug-likeness (QED) is 0.157. The number of carbonyl (C=O) groups excluding carboxylic acids is 1. The highest BCUT2D eigenvalue weighted by Gasteiger charge is 2.59. The summed E-state index contributed by atoms with van der Waals surface area (Å²) in [6.45, 7) is 12.3. The molecule has 0 N–H and O–H groups in total. The third-order valence-corrected chi connectivity index (χ3v) is 13.9. The summed E-state index contributed by atoms with van der Waals surface area (Å²) in [5, 5.41) is 0.970. The van der Waals surface area contributed by atoms with Crippen molar-refractivity contribution in [1.29, 1.82) is 0 Å². The molecule has 5 nitrogen and oxygen atoms in total. The molecule has 3 saturated carbocycles. The normalized spacial score (nSPS) is 34.0. The molecule has 5 aliphatic rings. The molecule has 2 aromatic rings. The van der Waals surface area contributed by atoms with E-state index < -0.39 is 0 Å². The first kappa shape index (κ1) is 32.0. The second-order valence-corrected chi connectivity index (χ2v) is 16.8. The van der Waals surface area contributed by atoms with Crippen molar-refractivity contribution in [2.24, 2.45) is 46.3 Å². The molecule has 7 rings (SSSR count). The minimum Gasteiger partial charge on any atom is -0.482 e. The second-order valence-electron chi connectivity index (χ2n) is 16.8. The Balaban J connectivity index is 0.954. The molecule has 1 heterocycles. The minimum atomic E-state index is -0.327. The number of fused-ring (bicyclic) bond motifs is 8. The van der Waals surface area contributed by atoms with Crippen LogP contribution in [0.4, 0.5) is 0 Å². The van der Waals surface area contributed by atoms with Gasteiger partial charge in [-0.25, -0.2) is 9.59 Å². The van der Waals surface area contributed by atoms with E-state index in [2.05, 4.69) is 40.7 Å². The van der Waals surface area contributed by atoms with Crippen LogP contribution in [0.15, 0.2) is 39.1 Å². The number of hydrogen-bond acceptors (Lipinski definition) is 5. The zero-order valence-electron chi connectivity index (χ0n) is 29.0. The Labute approximate surface area is 275 Å². The molecular weight excluding hydrogens is 572 g/mol. The van der Waals surface area contributed by atoms with Crippen LogP contribution in [-0.2, 0) is 22.4 Å². The van der Waals surface area contributed by atoms with Gasteiger partial charge in [0.05, 0.1) is 0 Å². The van der Waals surface area contributed by atoms with Crippen LogP contribution < -0.4 is 10.4 Å². The molecule has 0 spiro atoms. The van der Waals surface area contributed by atoms with E-state index in [1.807, 2.05) is 12.1 Å². The van der Waals surface area contributed by atoms with E-state index in [4.69, 9.17) is 13.9 Å². The van der Waals surface area contributed by atoms with Crippen LogP contribution in [0.1, 0.15) is 123 Å². The molecule has 5 heteroatoms. The Morgan fingerprint density at radius 1 is 1.00 bits per heavy atom. The number of aryl methyl sites for hydroxylation is 1. The maximum Gasteiger partial charge on any atom is 0.344 e. The molecule has 0 radical (unpaired) electrons. The van der Waals surface area contributed by atoms with E-state index in [1.54, 1.807) is 6.07 Å². The number of rotatable bonds is 9. The van der Waals surface area contributed by atoms with Crippen molar-refractivity contribution in [3.8, 4) is 5.75 Å². The highest BCUT2D eigenvalue weighted by Crippen LogP contribution is 2.67. The molecule has 0 saturated heterocycles. The van der Waals surface area contributed by atoms with Gasteiger partial charge in [-0.2, -0.15) is 0 Å². The van der Waals surface area contributed by atoms with E-state index >= 15 is 0 Å². The van der Waals surface area contributed by atoms with Crippen molar-refractivity contribution in [2.45, 2.75) is 131 Å². The monoisotopic (exact) mass is 628 g/mol. The van der Waals surface area contributed by atoms with Gasteiger partial charge in [0, 0.05) is 23.4 Å². The van der Waals surface area contributed by atoms with Gasteiger partial charge in [-0.15, -0.1) is 0 Å². The van der Waals surface area contributed by atoms with Crippen LogP contribution >= 0.6 is 0 Å². The number of hydrogen-bond donors (Lipinski definition) is 0. The molecule has 0 aliphatic heterocycles. The molecule has 3 fully saturated rings. The SMILES string of the molecule is CC(C)CCCC(C)C1CCC2C3CC=C4CC(OC(=O)COc5ccc6c7c(c(=O)oc6c5)CCC7)CCC4(C)C3CCC12C. The van der Waals surface area contributed by atoms with Crippen LogP contribution in [0.5, 0.6) is 5.75 Å². The lowest BCUT2D eigenvalue weighted by atomic mass is 9.47. The van der Waals surface area contributed by atoms with Gasteiger partial charge >= 0.3 is 11.6 Å². The van der Waals surface area contributed by atoms with Crippen LogP contribution in [0.25, 0.3) is 11.0 Å². The predicted octanol–water partition coefficient (Wildman–Crippen LogP) is 9.61. The largest absolute Gasteiger partial charge is 0.482 e. The molecule has 0 bridgehead atoms. The summed E-state index contributed by atoms with van der Waals surface area (Å²) in [5.74, 6) is 5.15. The van der Waals surface area contributed by atoms with Gasteiger partial charge < -0.3 is 13.9 Å². The fourth-order valence-electron chi connectivity index (χ4n) is 11.5. The molecule has 46 heavy (non-hydrogen) atoms. The summed E-state index contributed by atoms with van der Waals surface area (Å²) in [6, 6.07) is 5.54. The summed E-state index contributed by atoms with van der Waals surface area (Å²) in [7, 11) is 0. The average Bonchev–Trinajstić information content (AvgIpc) is 3.65. The first-order valence-electron chi connectivity index (χ1n) is 18.7. The third-order valence-electron chi connectivity index (χ3n) is 13.9. The highest BCUT2D eigenvalue weighted by molar-refractivity contribution is 5.83. The number of ether oxygens (including phenoxy) is 2. The minimum absolute atomic E-state index is 0.0828. The van der Waals surface area contributed by atoms with Crippen LogP contribution in [-0.4, -0.2) is 18.7 Å². The number of allylic oxidation sites excluding steroid dienone is 1. The van der Waals surface area contributed by atoms with Gasteiger partial charge in [-0.3, -0.25) is 0 Å². The van der Waals surface area contributed by atoms with Crippen molar-refractivity contribution in [1.82, 2.24) is 0 Å². The first-order chi connectivity index (χ1) is 22.1. The molecule has 0 amide bonds. The Morgan fingerprint density at radius 2 is 1.83 bits per heavy atom. The van der Waals surface area contributed by atoms with E-state index in [0.717, 1.165) is 90.5 Å². The fourth-order valence-corrected chi connectivity index (χ4v) is 11.5. The lowest BCUT2D eigenvalue weighted by Crippen LogP contribution is -2.51. The zero-order valence-corrected chi connectivity index (χ0v) is 29.0. The first-order valence-corrected chi connectivity index (χ1v) is 18.7. The molecule has 8 atom stereocenters. The maximum atomic E-state index is 12.9. The van der Waals surface area contributed by atoms with Gasteiger partial charge in [0.2, 0.25) is 0 Å². The van der Waals surface area contributed by atoms with Crippen molar-refractivity contribution in [2.75, 3.05) is 6.61 Å². The summed E-state index contributed by atoms with van der Waals surface area (Å²) in [5.41, 5.74) is 4.46. The van der Waals surface area contributed by atoms with Crippen molar-refractivity contribution in [3.05, 3.63) is 51.4 Å². The summed E-state index contributed by atoms with van der Waals surface area (Å²) >= 11 is 0. The third kappa shape index (κ3) is 5.66. The van der Waals surface area contributed by atoms with Gasteiger partial charge in [0.1, 0.15) is 17.4 Å². The van der Waals surface area contributed by atoms with Gasteiger partial charge in [-0.05, 0) is 128 Å². The second kappa shape index (κ2) is 12.5. The van der Waals surface area contributed by atoms with E-state index in [-0.39, 0.29) is 29.7 Å². The lowest BCUT2D eigenvalue weighted by molar-refractivity contribution is -0.153. The van der Waals surface area contributed by atoms with E-state index in [9.17, 15) is 9.59 Å². The lowest BCUT2D eigenvalue weighted by Gasteiger charge is -2.58. The van der Waals surface area contributed by atoms with Crippen LogP contribution in [0.3, 0.4) is 0 Å². The maximum absolute atomic E-state index is 12.9. The van der Waals surface area contributed by atoms with Crippen LogP contribution in [0, 0.1) is 46.3 Å². The zero-order chi connectivity index (χ0) is 32.2. The molecule has 1 aromatic heterocycles. The van der Waals surface area contributed by atoms with E-state index in [1.165, 1.54) is 56.9 Å². The standard InChI is InChI=1S/C41H56O5/c1-25(2)8-6-9-26(3)34-16-17-35-33-14-12-27-22-29(18-20-40(27,4)36(33)19-21-41(34,35)5)45-38(42)24-44-28-13-15-31-30-10-7-11-32(30)39(43)46-37(31)23-28/h12-13,15,23,25-26,29,33-36H,6-11,14,16-22,24H2,1-5H3. The predicted molar refractivity (Wildman–Crippen MR) is 183 cm³/mol. The van der Waals surface area contributed by atoms with Crippen LogP contribution in [0.2, 0.25) is 0 Å². The topological polar surface area (TPSA) is 65.7 Å². The van der Waals surface area contributed by atoms with Crippen molar-refractivity contribution >= 4 is 16.9 Å². The van der Waals surface area contributed by atoms with Crippen molar-refractivity contribution < 1.29 is 18.7 Å². The fraction of sp³-hybridized carbons (Fsp3) is 0.707. The number of esters is 1.